The summed E-state index contributed by atoms with van der Waals surface area (Å²) < 4.78 is 60.4. The van der Waals surface area contributed by atoms with Crippen LogP contribution >= 0.6 is 11.6 Å². The Morgan fingerprint density at radius 1 is 1.23 bits per heavy atom. The molecule has 31 heavy (non-hydrogen) atoms. The predicted molar refractivity (Wildman–Crippen MR) is 109 cm³/mol. The van der Waals surface area contributed by atoms with Gasteiger partial charge >= 0.3 is 6.18 Å². The highest BCUT2D eigenvalue weighted by Crippen LogP contribution is 2.23. The van der Waals surface area contributed by atoms with Gasteiger partial charge in [0.1, 0.15) is 12.4 Å². The molecule has 3 N–H and O–H groups in total. The number of aryl methyl sites for hydroxylation is 1. The maximum atomic E-state index is 12.6. The minimum absolute atomic E-state index is 0.00305. The van der Waals surface area contributed by atoms with Crippen LogP contribution in [-0.4, -0.2) is 42.3 Å². The van der Waals surface area contributed by atoms with Crippen LogP contribution in [0.3, 0.4) is 0 Å². The molecule has 1 amide bonds. The molecule has 0 radical (unpaired) electrons. The molecule has 2 aromatic rings. The number of amides is 1. The number of nitrogens with one attached hydrogen (secondary N) is 1. The van der Waals surface area contributed by atoms with E-state index in [-0.39, 0.29) is 30.9 Å². The summed E-state index contributed by atoms with van der Waals surface area (Å²) >= 11 is 5.84. The average Bonchev–Trinajstić information content (AvgIpc) is 2.62. The minimum Gasteiger partial charge on any atom is -0.353 e. The molecule has 13 heteroatoms. The molecular formula is C18H20ClF3N4O4S. The van der Waals surface area contributed by atoms with Gasteiger partial charge in [-0.2, -0.15) is 13.2 Å². The summed E-state index contributed by atoms with van der Waals surface area (Å²) in [4.78, 5) is 29.0. The largest absolute Gasteiger partial charge is 0.389 e. The fraction of sp³-hybridized carbons (Fsp3) is 0.389. The Morgan fingerprint density at radius 3 is 2.45 bits per heavy atom. The quantitative estimate of drug-likeness (QED) is 0.567. The third-order valence-electron chi connectivity index (χ3n) is 4.10. The number of sulfonamides is 1. The second-order valence-corrected chi connectivity index (χ2v) is 8.84. The Bertz CT molecular complexity index is 1090. The van der Waals surface area contributed by atoms with E-state index >= 15 is 0 Å². The number of carbonyl (C=O) groups is 1. The number of nitrogens with zero attached hydrogens (tertiary/aromatic N) is 2. The monoisotopic (exact) mass is 480 g/mol. The zero-order chi connectivity index (χ0) is 23.2. The Morgan fingerprint density at radius 2 is 1.87 bits per heavy atom. The Hall–Kier alpha value is -2.44. The number of halogens is 4. The third kappa shape index (κ3) is 8.67. The van der Waals surface area contributed by atoms with E-state index in [1.165, 1.54) is 0 Å². The number of aromatic nitrogens is 2. The van der Waals surface area contributed by atoms with Crippen molar-refractivity contribution in [1.82, 2.24) is 14.9 Å². The molecule has 0 saturated heterocycles. The molecule has 8 nitrogen and oxygen atoms in total. The zero-order valence-electron chi connectivity index (χ0n) is 16.2. The first-order valence-corrected chi connectivity index (χ1v) is 11.1. The van der Waals surface area contributed by atoms with Crippen LogP contribution in [0.2, 0.25) is 5.02 Å². The standard InChI is InChI=1S/C18H20ClF3N4O4S/c19-13-5-3-12(4-6-13)14-10-17(28)26(11-16(27)24-8-9-31(23,29)30)15(25-14)2-1-7-18(20,21)22/h3-6,10H,1-2,7-9,11H2,(H,24,27)(H2,23,29,30). The molecule has 170 valence electrons. The summed E-state index contributed by atoms with van der Waals surface area (Å²) in [7, 11) is -3.79. The topological polar surface area (TPSA) is 124 Å². The highest BCUT2D eigenvalue weighted by molar-refractivity contribution is 7.89. The van der Waals surface area contributed by atoms with Crippen molar-refractivity contribution in [3.05, 3.63) is 51.5 Å². The summed E-state index contributed by atoms with van der Waals surface area (Å²) in [6.07, 6.45) is -5.97. The fourth-order valence-corrected chi connectivity index (χ4v) is 3.17. The van der Waals surface area contributed by atoms with Crippen molar-refractivity contribution in [2.45, 2.75) is 32.0 Å². The van der Waals surface area contributed by atoms with Crippen molar-refractivity contribution in [2.75, 3.05) is 12.3 Å². The van der Waals surface area contributed by atoms with Gasteiger partial charge in [0.15, 0.2) is 0 Å². The van der Waals surface area contributed by atoms with E-state index in [0.29, 0.717) is 10.6 Å². The van der Waals surface area contributed by atoms with Gasteiger partial charge in [0.2, 0.25) is 15.9 Å². The van der Waals surface area contributed by atoms with E-state index in [2.05, 4.69) is 10.3 Å². The minimum atomic E-state index is -4.37. The highest BCUT2D eigenvalue weighted by Gasteiger charge is 2.26. The summed E-state index contributed by atoms with van der Waals surface area (Å²) in [5, 5.41) is 7.60. The van der Waals surface area contributed by atoms with Crippen LogP contribution in [0.15, 0.2) is 35.1 Å². The number of alkyl halides is 3. The van der Waals surface area contributed by atoms with Crippen molar-refractivity contribution in [2.24, 2.45) is 5.14 Å². The average molecular weight is 481 g/mol. The zero-order valence-corrected chi connectivity index (χ0v) is 17.7. The van der Waals surface area contributed by atoms with Crippen molar-refractivity contribution in [3.8, 4) is 11.3 Å². The summed E-state index contributed by atoms with van der Waals surface area (Å²) in [6.45, 7) is -0.801. The van der Waals surface area contributed by atoms with Gasteiger partial charge in [-0.1, -0.05) is 23.7 Å². The van der Waals surface area contributed by atoms with Gasteiger partial charge < -0.3 is 5.32 Å². The summed E-state index contributed by atoms with van der Waals surface area (Å²) in [5.41, 5.74) is 0.126. The molecule has 0 fully saturated rings. The molecule has 0 unspecified atom stereocenters. The molecule has 0 aliphatic heterocycles. The van der Waals surface area contributed by atoms with Crippen LogP contribution < -0.4 is 16.0 Å². The number of nitrogens with two attached hydrogens (primary N) is 1. The summed E-state index contributed by atoms with van der Waals surface area (Å²) in [6, 6.07) is 7.52. The Kier molecular flexibility index (Phi) is 8.21. The number of benzene rings is 1. The third-order valence-corrected chi connectivity index (χ3v) is 5.12. The first-order valence-electron chi connectivity index (χ1n) is 9.05. The second-order valence-electron chi connectivity index (χ2n) is 6.67. The van der Waals surface area contributed by atoms with Crippen molar-refractivity contribution < 1.29 is 26.4 Å². The molecule has 0 aliphatic carbocycles. The molecule has 1 aromatic carbocycles. The van der Waals surface area contributed by atoms with Gasteiger partial charge in [-0.25, -0.2) is 18.5 Å². The van der Waals surface area contributed by atoms with Crippen molar-refractivity contribution in [1.29, 1.82) is 0 Å². The molecule has 2 rings (SSSR count). The van der Waals surface area contributed by atoms with Crippen LogP contribution in [0.5, 0.6) is 0 Å². The molecule has 0 saturated carbocycles. The van der Waals surface area contributed by atoms with Crippen molar-refractivity contribution in [3.63, 3.8) is 0 Å². The van der Waals surface area contributed by atoms with Crippen LogP contribution in [0.4, 0.5) is 13.2 Å². The number of hydrogen-bond donors (Lipinski definition) is 2. The van der Waals surface area contributed by atoms with Gasteiger partial charge in [0.25, 0.3) is 5.56 Å². The number of rotatable bonds is 9. The van der Waals surface area contributed by atoms with Crippen molar-refractivity contribution >= 4 is 27.5 Å². The van der Waals surface area contributed by atoms with Crippen LogP contribution in [-0.2, 0) is 27.8 Å². The number of hydrogen-bond acceptors (Lipinski definition) is 5. The fourth-order valence-electron chi connectivity index (χ4n) is 2.66. The van der Waals surface area contributed by atoms with E-state index in [1.54, 1.807) is 24.3 Å². The van der Waals surface area contributed by atoms with Crippen LogP contribution in [0, 0.1) is 0 Å². The van der Waals surface area contributed by atoms with E-state index in [9.17, 15) is 31.2 Å². The first-order chi connectivity index (χ1) is 14.3. The van der Waals surface area contributed by atoms with E-state index < -0.39 is 46.4 Å². The molecule has 0 aliphatic rings. The lowest BCUT2D eigenvalue weighted by atomic mass is 10.1. The normalized spacial score (nSPS) is 12.0. The molecule has 1 aromatic heterocycles. The van der Waals surface area contributed by atoms with Gasteiger partial charge in [0, 0.05) is 36.0 Å². The molecule has 0 spiro atoms. The van der Waals surface area contributed by atoms with E-state index in [1.807, 2.05) is 0 Å². The summed E-state index contributed by atoms with van der Waals surface area (Å²) in [5.74, 6) is -1.20. The molecular weight excluding hydrogens is 461 g/mol. The maximum Gasteiger partial charge on any atom is 0.389 e. The van der Waals surface area contributed by atoms with Gasteiger partial charge in [-0.3, -0.25) is 14.2 Å². The highest BCUT2D eigenvalue weighted by atomic mass is 35.5. The lowest BCUT2D eigenvalue weighted by molar-refractivity contribution is -0.135. The van der Waals surface area contributed by atoms with Crippen LogP contribution in [0.1, 0.15) is 18.7 Å². The molecule has 0 bridgehead atoms. The molecule has 1 heterocycles. The molecule has 0 atom stereocenters. The number of primary sulfonamides is 1. The maximum absolute atomic E-state index is 12.6. The second kappa shape index (κ2) is 10.2. The lowest BCUT2D eigenvalue weighted by Crippen LogP contribution is -2.37. The first kappa shape index (κ1) is 24.8. The van der Waals surface area contributed by atoms with Gasteiger partial charge in [0.05, 0.1) is 11.4 Å². The number of carbonyl (C=O) groups excluding carboxylic acids is 1. The Balaban J connectivity index is 2.28. The Labute approximate surface area is 181 Å². The lowest BCUT2D eigenvalue weighted by Gasteiger charge is -2.14. The van der Waals surface area contributed by atoms with Crippen LogP contribution in [0.25, 0.3) is 11.3 Å². The van der Waals surface area contributed by atoms with Gasteiger partial charge in [-0.15, -0.1) is 0 Å². The van der Waals surface area contributed by atoms with E-state index in [4.69, 9.17) is 16.7 Å². The predicted octanol–water partition coefficient (Wildman–Crippen LogP) is 1.85. The smallest absolute Gasteiger partial charge is 0.353 e. The van der Waals surface area contributed by atoms with Gasteiger partial charge in [-0.05, 0) is 18.6 Å². The van der Waals surface area contributed by atoms with E-state index in [0.717, 1.165) is 10.6 Å². The SMILES string of the molecule is NS(=O)(=O)CCNC(=O)Cn1c(CCCC(F)(F)F)nc(-c2ccc(Cl)cc2)cc1=O.